The van der Waals surface area contributed by atoms with Crippen molar-refractivity contribution in [2.75, 3.05) is 13.7 Å². The van der Waals surface area contributed by atoms with Gasteiger partial charge in [0, 0.05) is 6.54 Å². The smallest absolute Gasteiger partial charge is 0.339 e. The number of methoxy groups -OCH3 is 1. The molecule has 0 saturated carbocycles. The van der Waals surface area contributed by atoms with Crippen molar-refractivity contribution in [1.29, 1.82) is 0 Å². The Labute approximate surface area is 122 Å². The van der Waals surface area contributed by atoms with Gasteiger partial charge >= 0.3 is 5.97 Å². The van der Waals surface area contributed by atoms with Gasteiger partial charge in [-0.25, -0.2) is 13.2 Å². The van der Waals surface area contributed by atoms with Gasteiger partial charge in [-0.1, -0.05) is 0 Å². The van der Waals surface area contributed by atoms with Crippen molar-refractivity contribution in [2.45, 2.75) is 24.0 Å². The number of rotatable bonds is 6. The summed E-state index contributed by atoms with van der Waals surface area (Å²) < 4.78 is 29.5. The molecule has 116 valence electrons. The fourth-order valence-electron chi connectivity index (χ4n) is 1.69. The largest absolute Gasteiger partial charge is 0.496 e. The molecule has 0 aliphatic heterocycles. The monoisotopic (exact) mass is 315 g/mol. The van der Waals surface area contributed by atoms with Gasteiger partial charge in [-0.3, -0.25) is 4.79 Å². The Hall–Kier alpha value is -2.09. The first kappa shape index (κ1) is 17.0. The normalized spacial score (nSPS) is 12.5. The molecular formula is C13H17NO6S. The van der Waals surface area contributed by atoms with Crippen LogP contribution < -0.4 is 10.1 Å². The highest BCUT2D eigenvalue weighted by molar-refractivity contribution is 7.92. The number of carboxylic acids is 1. The average Bonchev–Trinajstić information content (AvgIpc) is 2.45. The van der Waals surface area contributed by atoms with Crippen molar-refractivity contribution in [3.05, 3.63) is 23.8 Å². The number of hydrogen-bond acceptors (Lipinski definition) is 5. The van der Waals surface area contributed by atoms with Crippen LogP contribution in [0.15, 0.2) is 23.1 Å². The lowest BCUT2D eigenvalue weighted by molar-refractivity contribution is -0.120. The summed E-state index contributed by atoms with van der Waals surface area (Å²) in [6, 6.07) is 3.46. The Balaban J connectivity index is 3.29. The van der Waals surface area contributed by atoms with E-state index >= 15 is 0 Å². The number of amides is 1. The number of carboxylic acid groups (broad SMARTS) is 1. The van der Waals surface area contributed by atoms with E-state index in [-0.39, 0.29) is 16.2 Å². The number of carbonyl (C=O) groups is 2. The van der Waals surface area contributed by atoms with E-state index in [4.69, 9.17) is 9.84 Å². The third-order valence-corrected chi connectivity index (χ3v) is 4.97. The highest BCUT2D eigenvalue weighted by atomic mass is 32.2. The predicted molar refractivity (Wildman–Crippen MR) is 75.3 cm³/mol. The molecule has 0 saturated heterocycles. The van der Waals surface area contributed by atoms with E-state index in [1.165, 1.54) is 26.2 Å². The minimum absolute atomic E-state index is 0.0483. The summed E-state index contributed by atoms with van der Waals surface area (Å²) in [5, 5.41) is 10.2. The van der Waals surface area contributed by atoms with Crippen LogP contribution in [0.3, 0.4) is 0 Å². The maximum atomic E-state index is 12.3. The second kappa shape index (κ2) is 6.57. The number of ether oxygens (including phenoxy) is 1. The molecule has 0 bridgehead atoms. The molecule has 8 heteroatoms. The topological polar surface area (TPSA) is 110 Å². The summed E-state index contributed by atoms with van der Waals surface area (Å²) in [6.07, 6.45) is 0. The first-order chi connectivity index (χ1) is 9.75. The molecule has 1 aromatic rings. The van der Waals surface area contributed by atoms with Crippen LogP contribution in [-0.2, 0) is 14.6 Å². The van der Waals surface area contributed by atoms with Gasteiger partial charge in [-0.15, -0.1) is 0 Å². The van der Waals surface area contributed by atoms with E-state index in [1.54, 1.807) is 6.92 Å². The zero-order valence-corrected chi connectivity index (χ0v) is 12.7. The van der Waals surface area contributed by atoms with Crippen LogP contribution in [-0.4, -0.2) is 44.3 Å². The molecule has 1 unspecified atom stereocenters. The molecule has 0 spiro atoms. The van der Waals surface area contributed by atoms with Crippen molar-refractivity contribution in [2.24, 2.45) is 0 Å². The lowest BCUT2D eigenvalue weighted by Gasteiger charge is -2.14. The third kappa shape index (κ3) is 3.52. The zero-order valence-electron chi connectivity index (χ0n) is 11.9. The summed E-state index contributed by atoms with van der Waals surface area (Å²) in [4.78, 5) is 22.5. The maximum Gasteiger partial charge on any atom is 0.339 e. The molecule has 1 amide bonds. The van der Waals surface area contributed by atoms with Gasteiger partial charge in [0.2, 0.25) is 5.91 Å². The quantitative estimate of drug-likeness (QED) is 0.799. The fraction of sp³-hybridized carbons (Fsp3) is 0.385. The van der Waals surface area contributed by atoms with E-state index in [9.17, 15) is 18.0 Å². The molecule has 0 radical (unpaired) electrons. The molecule has 0 aliphatic rings. The van der Waals surface area contributed by atoms with Crippen molar-refractivity contribution >= 4 is 21.7 Å². The summed E-state index contributed by atoms with van der Waals surface area (Å²) >= 11 is 0. The summed E-state index contributed by atoms with van der Waals surface area (Å²) in [5.74, 6) is -1.90. The van der Waals surface area contributed by atoms with E-state index in [0.717, 1.165) is 6.07 Å². The molecule has 1 aromatic carbocycles. The van der Waals surface area contributed by atoms with Crippen LogP contribution in [0.1, 0.15) is 24.2 Å². The number of carbonyl (C=O) groups excluding carboxylic acids is 1. The van der Waals surface area contributed by atoms with E-state index in [1.807, 2.05) is 0 Å². The predicted octanol–water partition coefficient (Wildman–Crippen LogP) is 0.692. The molecular weight excluding hydrogens is 298 g/mol. The van der Waals surface area contributed by atoms with Crippen LogP contribution in [0.4, 0.5) is 0 Å². The van der Waals surface area contributed by atoms with E-state index in [2.05, 4.69) is 5.32 Å². The van der Waals surface area contributed by atoms with Crippen LogP contribution in [0.5, 0.6) is 5.75 Å². The lowest BCUT2D eigenvalue weighted by atomic mass is 10.2. The second-order valence-corrected chi connectivity index (χ2v) is 6.52. The first-order valence-corrected chi connectivity index (χ1v) is 7.73. The summed E-state index contributed by atoms with van der Waals surface area (Å²) in [6.45, 7) is 3.24. The van der Waals surface area contributed by atoms with Gasteiger partial charge in [0.15, 0.2) is 9.84 Å². The van der Waals surface area contributed by atoms with Gasteiger partial charge in [0.25, 0.3) is 0 Å². The van der Waals surface area contributed by atoms with Crippen LogP contribution in [0, 0.1) is 0 Å². The second-order valence-electron chi connectivity index (χ2n) is 4.25. The minimum Gasteiger partial charge on any atom is -0.496 e. The molecule has 21 heavy (non-hydrogen) atoms. The van der Waals surface area contributed by atoms with Crippen molar-refractivity contribution in [1.82, 2.24) is 5.32 Å². The third-order valence-electron chi connectivity index (χ3n) is 2.92. The number of aromatic carboxylic acids is 1. The summed E-state index contributed by atoms with van der Waals surface area (Å²) in [7, 11) is -2.69. The van der Waals surface area contributed by atoms with Gasteiger partial charge in [-0.2, -0.15) is 0 Å². The molecule has 0 aliphatic carbocycles. The van der Waals surface area contributed by atoms with Crippen molar-refractivity contribution in [3.63, 3.8) is 0 Å². The number of hydrogen-bond donors (Lipinski definition) is 2. The average molecular weight is 315 g/mol. The first-order valence-electron chi connectivity index (χ1n) is 6.18. The molecule has 0 heterocycles. The Morgan fingerprint density at radius 3 is 2.48 bits per heavy atom. The zero-order chi connectivity index (χ0) is 16.2. The number of nitrogens with one attached hydrogen (secondary N) is 1. The highest BCUT2D eigenvalue weighted by Crippen LogP contribution is 2.25. The molecule has 2 N–H and O–H groups in total. The standard InChI is InChI=1S/C13H17NO6S/c1-4-14-12(15)8(2)21(18,19)9-5-6-11(20-3)10(7-9)13(16)17/h5-8H,4H2,1-3H3,(H,14,15)(H,16,17). The Bertz CT molecular complexity index is 653. The van der Waals surface area contributed by atoms with E-state index < -0.39 is 27.0 Å². The van der Waals surface area contributed by atoms with Crippen molar-refractivity contribution < 1.29 is 27.9 Å². The van der Waals surface area contributed by atoms with Gasteiger partial charge in [0.1, 0.15) is 16.6 Å². The number of sulfone groups is 1. The fourth-order valence-corrected chi connectivity index (χ4v) is 3.01. The highest BCUT2D eigenvalue weighted by Gasteiger charge is 2.30. The maximum absolute atomic E-state index is 12.3. The Kier molecular flexibility index (Phi) is 5.31. The Morgan fingerprint density at radius 1 is 1.38 bits per heavy atom. The SMILES string of the molecule is CCNC(=O)C(C)S(=O)(=O)c1ccc(OC)c(C(=O)O)c1. The van der Waals surface area contributed by atoms with E-state index in [0.29, 0.717) is 6.54 Å². The molecule has 0 aromatic heterocycles. The van der Waals surface area contributed by atoms with Crippen LogP contribution in [0.2, 0.25) is 0 Å². The van der Waals surface area contributed by atoms with Crippen LogP contribution in [0.25, 0.3) is 0 Å². The van der Waals surface area contributed by atoms with Gasteiger partial charge in [0.05, 0.1) is 12.0 Å². The van der Waals surface area contributed by atoms with Gasteiger partial charge in [-0.05, 0) is 32.0 Å². The minimum atomic E-state index is -3.97. The summed E-state index contributed by atoms with van der Waals surface area (Å²) in [5.41, 5.74) is -0.276. The number of benzene rings is 1. The molecule has 7 nitrogen and oxygen atoms in total. The molecule has 1 rings (SSSR count). The Morgan fingerprint density at radius 2 is 2.00 bits per heavy atom. The van der Waals surface area contributed by atoms with Crippen molar-refractivity contribution in [3.8, 4) is 5.75 Å². The molecule has 0 fully saturated rings. The lowest BCUT2D eigenvalue weighted by Crippen LogP contribution is -2.37. The van der Waals surface area contributed by atoms with Crippen LogP contribution >= 0.6 is 0 Å². The van der Waals surface area contributed by atoms with Gasteiger partial charge < -0.3 is 15.2 Å². The molecule has 1 atom stereocenters.